The zero-order valence-corrected chi connectivity index (χ0v) is 14.4. The zero-order valence-electron chi connectivity index (χ0n) is 14.4. The third kappa shape index (κ3) is 6.20. The fourth-order valence-corrected chi connectivity index (χ4v) is 2.12. The first-order valence-corrected chi connectivity index (χ1v) is 7.85. The summed E-state index contributed by atoms with van der Waals surface area (Å²) in [6, 6.07) is 11.9. The second-order valence-electron chi connectivity index (χ2n) is 5.47. The van der Waals surface area contributed by atoms with Gasteiger partial charge in [0.2, 0.25) is 5.91 Å². The Morgan fingerprint density at radius 1 is 1.15 bits per heavy atom. The molecular formula is C19H16N2O6. The first-order chi connectivity index (χ1) is 12.8. The molecule has 0 aliphatic carbocycles. The van der Waals surface area contributed by atoms with Gasteiger partial charge in [-0.3, -0.25) is 19.7 Å². The van der Waals surface area contributed by atoms with Crippen molar-refractivity contribution < 1.29 is 24.0 Å². The van der Waals surface area contributed by atoms with E-state index in [0.717, 1.165) is 6.08 Å². The van der Waals surface area contributed by atoms with Crippen LogP contribution in [-0.2, 0) is 14.3 Å². The van der Waals surface area contributed by atoms with Crippen molar-refractivity contribution in [2.75, 3.05) is 11.9 Å². The van der Waals surface area contributed by atoms with Crippen LogP contribution >= 0.6 is 0 Å². The number of amides is 1. The summed E-state index contributed by atoms with van der Waals surface area (Å²) in [5.41, 5.74) is 1.25. The molecule has 0 saturated carbocycles. The van der Waals surface area contributed by atoms with Crippen molar-refractivity contribution in [2.24, 2.45) is 0 Å². The quantitative estimate of drug-likeness (QED) is 0.264. The molecule has 2 aromatic rings. The summed E-state index contributed by atoms with van der Waals surface area (Å²) < 4.78 is 4.87. The van der Waals surface area contributed by atoms with E-state index in [1.54, 1.807) is 18.2 Å². The van der Waals surface area contributed by atoms with Gasteiger partial charge in [-0.25, -0.2) is 4.79 Å². The molecule has 2 aromatic carbocycles. The molecule has 27 heavy (non-hydrogen) atoms. The molecule has 0 spiro atoms. The van der Waals surface area contributed by atoms with Crippen molar-refractivity contribution in [1.82, 2.24) is 0 Å². The highest BCUT2D eigenvalue weighted by atomic mass is 16.6. The minimum Gasteiger partial charge on any atom is -0.454 e. The molecule has 8 heteroatoms. The lowest BCUT2D eigenvalue weighted by Gasteiger charge is -2.04. The summed E-state index contributed by atoms with van der Waals surface area (Å²) in [4.78, 5) is 44.8. The van der Waals surface area contributed by atoms with Crippen LogP contribution in [-0.4, -0.2) is 29.2 Å². The smallest absolute Gasteiger partial charge is 0.331 e. The number of nitrogens with zero attached hydrogens (tertiary/aromatic N) is 1. The summed E-state index contributed by atoms with van der Waals surface area (Å²) in [6.45, 7) is 0.928. The van der Waals surface area contributed by atoms with E-state index in [-0.39, 0.29) is 11.6 Å². The van der Waals surface area contributed by atoms with E-state index >= 15 is 0 Å². The van der Waals surface area contributed by atoms with E-state index in [4.69, 9.17) is 4.74 Å². The van der Waals surface area contributed by atoms with Crippen LogP contribution in [0.2, 0.25) is 0 Å². The number of hydrogen-bond acceptors (Lipinski definition) is 6. The summed E-state index contributed by atoms with van der Waals surface area (Å²) in [5.74, 6) is -1.37. The topological polar surface area (TPSA) is 116 Å². The monoisotopic (exact) mass is 368 g/mol. The molecule has 0 heterocycles. The molecule has 0 aliphatic rings. The number of ether oxygens (including phenoxy) is 1. The van der Waals surface area contributed by atoms with Gasteiger partial charge in [-0.1, -0.05) is 12.1 Å². The lowest BCUT2D eigenvalue weighted by Crippen LogP contribution is -2.13. The molecule has 138 valence electrons. The molecule has 0 aliphatic heterocycles. The van der Waals surface area contributed by atoms with Gasteiger partial charge in [-0.05, 0) is 35.9 Å². The summed E-state index contributed by atoms with van der Waals surface area (Å²) in [5, 5.41) is 13.3. The summed E-state index contributed by atoms with van der Waals surface area (Å²) in [7, 11) is 0. The van der Waals surface area contributed by atoms with Crippen LogP contribution < -0.4 is 5.32 Å². The molecule has 0 radical (unpaired) electrons. The van der Waals surface area contributed by atoms with Crippen molar-refractivity contribution in [3.63, 3.8) is 0 Å². The highest BCUT2D eigenvalue weighted by Gasteiger charge is 2.09. The number of nitro benzene ring substituents is 1. The number of ketones is 1. The molecule has 0 saturated heterocycles. The largest absolute Gasteiger partial charge is 0.454 e. The Morgan fingerprint density at radius 2 is 1.85 bits per heavy atom. The number of Topliss-reactive ketones (excluding diaryl/α,β-unsaturated/α-hetero) is 1. The van der Waals surface area contributed by atoms with Crippen LogP contribution in [0.1, 0.15) is 22.8 Å². The fraction of sp³-hybridized carbons (Fsp3) is 0.105. The molecule has 0 bridgehead atoms. The van der Waals surface area contributed by atoms with Gasteiger partial charge in [0.15, 0.2) is 12.4 Å². The van der Waals surface area contributed by atoms with Gasteiger partial charge in [0.1, 0.15) is 0 Å². The number of benzene rings is 2. The third-order valence-electron chi connectivity index (χ3n) is 3.37. The molecule has 8 nitrogen and oxygen atoms in total. The average Bonchev–Trinajstić information content (AvgIpc) is 2.64. The molecule has 0 fully saturated rings. The Morgan fingerprint density at radius 3 is 2.48 bits per heavy atom. The highest BCUT2D eigenvalue weighted by molar-refractivity contribution is 5.99. The minimum absolute atomic E-state index is 0.0941. The maximum atomic E-state index is 12.0. The Kier molecular flexibility index (Phi) is 6.54. The molecule has 0 aromatic heterocycles. The number of nitro groups is 1. The van der Waals surface area contributed by atoms with E-state index in [9.17, 15) is 24.5 Å². The molecule has 2 rings (SSSR count). The predicted octanol–water partition coefficient (Wildman–Crippen LogP) is 2.99. The zero-order chi connectivity index (χ0) is 19.8. The van der Waals surface area contributed by atoms with Gasteiger partial charge >= 0.3 is 5.97 Å². The van der Waals surface area contributed by atoms with Crippen LogP contribution in [0, 0.1) is 10.1 Å². The van der Waals surface area contributed by atoms with E-state index in [1.165, 1.54) is 43.3 Å². The number of nitrogens with one attached hydrogen (secondary N) is 1. The molecule has 0 unspecified atom stereocenters. The van der Waals surface area contributed by atoms with Crippen molar-refractivity contribution >= 4 is 35.1 Å². The van der Waals surface area contributed by atoms with Crippen molar-refractivity contribution in [2.45, 2.75) is 6.92 Å². The summed E-state index contributed by atoms with van der Waals surface area (Å²) in [6.07, 6.45) is 2.45. The Labute approximate surface area is 154 Å². The number of hydrogen-bond donors (Lipinski definition) is 1. The van der Waals surface area contributed by atoms with Gasteiger partial charge in [0.25, 0.3) is 5.69 Å². The number of non-ortho nitro benzene ring substituents is 1. The maximum absolute atomic E-state index is 12.0. The highest BCUT2D eigenvalue weighted by Crippen LogP contribution is 2.14. The van der Waals surface area contributed by atoms with Gasteiger partial charge in [-0.15, -0.1) is 0 Å². The molecule has 0 atom stereocenters. The number of carbonyl (C=O) groups excluding carboxylic acids is 3. The number of rotatable bonds is 7. The van der Waals surface area contributed by atoms with E-state index in [2.05, 4.69) is 5.32 Å². The Hall–Kier alpha value is -3.81. The lowest BCUT2D eigenvalue weighted by molar-refractivity contribution is -0.384. The van der Waals surface area contributed by atoms with Crippen molar-refractivity contribution in [3.8, 4) is 0 Å². The minimum atomic E-state index is -0.746. The number of anilines is 1. The number of carbonyl (C=O) groups is 3. The van der Waals surface area contributed by atoms with Gasteiger partial charge in [0, 0.05) is 36.4 Å². The standard InChI is InChI=1S/C19H16N2O6/c1-13(22)20-16-8-6-15(7-9-16)18(23)12-27-19(24)10-5-14-3-2-4-17(11-14)21(25)26/h2-11H,12H2,1H3,(H,20,22)/b10-5+. The lowest BCUT2D eigenvalue weighted by atomic mass is 10.1. The molecule has 1 N–H and O–H groups in total. The second-order valence-corrected chi connectivity index (χ2v) is 5.47. The van der Waals surface area contributed by atoms with Crippen LogP contribution in [0.15, 0.2) is 54.6 Å². The van der Waals surface area contributed by atoms with E-state index in [0.29, 0.717) is 16.8 Å². The van der Waals surface area contributed by atoms with E-state index in [1.807, 2.05) is 0 Å². The van der Waals surface area contributed by atoms with Gasteiger partial charge in [-0.2, -0.15) is 0 Å². The average molecular weight is 368 g/mol. The van der Waals surface area contributed by atoms with Crippen LogP contribution in [0.4, 0.5) is 11.4 Å². The SMILES string of the molecule is CC(=O)Nc1ccc(C(=O)COC(=O)/C=C/c2cccc([N+](=O)[O-])c2)cc1. The number of esters is 1. The van der Waals surface area contributed by atoms with Gasteiger partial charge in [0.05, 0.1) is 4.92 Å². The summed E-state index contributed by atoms with van der Waals surface area (Å²) >= 11 is 0. The second kappa shape index (κ2) is 9.04. The van der Waals surface area contributed by atoms with Crippen LogP contribution in [0.25, 0.3) is 6.08 Å². The van der Waals surface area contributed by atoms with Gasteiger partial charge < -0.3 is 10.1 Å². The first kappa shape index (κ1) is 19.5. The normalized spacial score (nSPS) is 10.4. The van der Waals surface area contributed by atoms with Crippen molar-refractivity contribution in [1.29, 1.82) is 0 Å². The Balaban J connectivity index is 1.89. The maximum Gasteiger partial charge on any atom is 0.331 e. The van der Waals surface area contributed by atoms with Crippen LogP contribution in [0.5, 0.6) is 0 Å². The predicted molar refractivity (Wildman–Crippen MR) is 98.2 cm³/mol. The van der Waals surface area contributed by atoms with E-state index < -0.39 is 23.3 Å². The molecule has 1 amide bonds. The Bertz CT molecular complexity index is 903. The van der Waals surface area contributed by atoms with Crippen molar-refractivity contribution in [3.05, 3.63) is 75.8 Å². The molecular weight excluding hydrogens is 352 g/mol. The fourth-order valence-electron chi connectivity index (χ4n) is 2.12. The van der Waals surface area contributed by atoms with Crippen LogP contribution in [0.3, 0.4) is 0 Å². The first-order valence-electron chi connectivity index (χ1n) is 7.85. The third-order valence-corrected chi connectivity index (χ3v) is 3.37.